The Bertz CT molecular complexity index is 393. The first-order chi connectivity index (χ1) is 8.67. The quantitative estimate of drug-likeness (QED) is 0.784. The lowest BCUT2D eigenvalue weighted by atomic mass is 9.78. The molecular formula is C15H24N2S. The van der Waals surface area contributed by atoms with Crippen LogP contribution in [0.25, 0.3) is 0 Å². The van der Waals surface area contributed by atoms with Gasteiger partial charge in [0.05, 0.1) is 11.2 Å². The van der Waals surface area contributed by atoms with E-state index in [0.29, 0.717) is 0 Å². The topological polar surface area (TPSA) is 38.9 Å². The molecule has 3 rings (SSSR count). The Hall–Kier alpha value is -0.410. The molecule has 0 spiro atoms. The lowest BCUT2D eigenvalue weighted by molar-refractivity contribution is 0.247. The third kappa shape index (κ3) is 2.35. The maximum Gasteiger partial charge on any atom is 0.113 e. The predicted octanol–water partition coefficient (Wildman–Crippen LogP) is 3.78. The summed E-state index contributed by atoms with van der Waals surface area (Å²) in [6.45, 7) is 2.34. The first-order valence-corrected chi connectivity index (χ1v) is 8.27. The van der Waals surface area contributed by atoms with Gasteiger partial charge in [0, 0.05) is 4.88 Å². The highest BCUT2D eigenvalue weighted by molar-refractivity contribution is 7.11. The largest absolute Gasteiger partial charge is 0.319 e. The van der Waals surface area contributed by atoms with Crippen LogP contribution in [0.4, 0.5) is 0 Å². The molecule has 2 N–H and O–H groups in total. The first kappa shape index (κ1) is 12.6. The van der Waals surface area contributed by atoms with Gasteiger partial charge in [-0.05, 0) is 57.3 Å². The standard InChI is InChI=1S/C15H24N2S/c1-11-7-9-15(16,10-8-11)14-17-12-5-3-2-4-6-13(12)18-14/h11H,2-10,16H2,1H3. The van der Waals surface area contributed by atoms with E-state index in [1.54, 1.807) is 0 Å². The van der Waals surface area contributed by atoms with Crippen molar-refractivity contribution in [2.75, 3.05) is 0 Å². The second-order valence-corrected chi connectivity index (χ2v) is 7.37. The Morgan fingerprint density at radius 3 is 2.67 bits per heavy atom. The van der Waals surface area contributed by atoms with Crippen LogP contribution >= 0.6 is 11.3 Å². The van der Waals surface area contributed by atoms with E-state index in [4.69, 9.17) is 10.7 Å². The minimum atomic E-state index is -0.108. The molecule has 0 aliphatic heterocycles. The number of fused-ring (bicyclic) bond motifs is 1. The molecule has 1 saturated carbocycles. The number of nitrogens with two attached hydrogens (primary N) is 1. The number of aryl methyl sites for hydroxylation is 2. The minimum Gasteiger partial charge on any atom is -0.319 e. The van der Waals surface area contributed by atoms with Gasteiger partial charge >= 0.3 is 0 Å². The second-order valence-electron chi connectivity index (χ2n) is 6.29. The van der Waals surface area contributed by atoms with Gasteiger partial charge in [-0.3, -0.25) is 0 Å². The minimum absolute atomic E-state index is 0.108. The van der Waals surface area contributed by atoms with Crippen molar-refractivity contribution in [1.82, 2.24) is 4.98 Å². The SMILES string of the molecule is CC1CCC(N)(c2nc3c(s2)CCCCC3)CC1. The summed E-state index contributed by atoms with van der Waals surface area (Å²) >= 11 is 1.92. The van der Waals surface area contributed by atoms with Crippen molar-refractivity contribution in [3.8, 4) is 0 Å². The third-order valence-corrected chi connectivity index (χ3v) is 6.07. The molecule has 1 aromatic heterocycles. The molecule has 2 nitrogen and oxygen atoms in total. The molecule has 0 aromatic carbocycles. The van der Waals surface area contributed by atoms with E-state index in [1.807, 2.05) is 11.3 Å². The van der Waals surface area contributed by atoms with Crippen LogP contribution in [0.5, 0.6) is 0 Å². The summed E-state index contributed by atoms with van der Waals surface area (Å²) in [5.41, 5.74) is 7.91. The number of aromatic nitrogens is 1. The van der Waals surface area contributed by atoms with Crippen molar-refractivity contribution in [3.05, 3.63) is 15.6 Å². The van der Waals surface area contributed by atoms with Crippen LogP contribution in [0.3, 0.4) is 0 Å². The van der Waals surface area contributed by atoms with Crippen LogP contribution in [0, 0.1) is 5.92 Å². The summed E-state index contributed by atoms with van der Waals surface area (Å²) in [7, 11) is 0. The van der Waals surface area contributed by atoms with Crippen molar-refractivity contribution < 1.29 is 0 Å². The fourth-order valence-electron chi connectivity index (χ4n) is 3.23. The molecule has 100 valence electrons. The summed E-state index contributed by atoms with van der Waals surface area (Å²) in [5, 5.41) is 1.24. The molecule has 0 bridgehead atoms. The molecule has 2 aliphatic carbocycles. The fourth-order valence-corrected chi connectivity index (χ4v) is 4.54. The van der Waals surface area contributed by atoms with Crippen LogP contribution in [0.15, 0.2) is 0 Å². The van der Waals surface area contributed by atoms with Gasteiger partial charge in [-0.25, -0.2) is 4.98 Å². The maximum absolute atomic E-state index is 6.64. The molecule has 1 heterocycles. The highest BCUT2D eigenvalue weighted by Crippen LogP contribution is 2.40. The smallest absolute Gasteiger partial charge is 0.113 e. The van der Waals surface area contributed by atoms with Crippen molar-refractivity contribution in [2.45, 2.75) is 70.3 Å². The number of hydrogen-bond acceptors (Lipinski definition) is 3. The molecule has 0 amide bonds. The Labute approximate surface area is 114 Å². The number of nitrogens with zero attached hydrogens (tertiary/aromatic N) is 1. The van der Waals surface area contributed by atoms with Crippen molar-refractivity contribution in [2.24, 2.45) is 11.7 Å². The van der Waals surface area contributed by atoms with Crippen LogP contribution in [-0.2, 0) is 18.4 Å². The summed E-state index contributed by atoms with van der Waals surface area (Å²) in [6.07, 6.45) is 11.2. The molecule has 1 aromatic rings. The lowest BCUT2D eigenvalue weighted by Gasteiger charge is -2.34. The van der Waals surface area contributed by atoms with Crippen molar-refractivity contribution in [3.63, 3.8) is 0 Å². The summed E-state index contributed by atoms with van der Waals surface area (Å²) in [6, 6.07) is 0. The average Bonchev–Trinajstić information content (AvgIpc) is 2.66. The van der Waals surface area contributed by atoms with Gasteiger partial charge in [0.15, 0.2) is 0 Å². The van der Waals surface area contributed by atoms with Gasteiger partial charge in [-0.1, -0.05) is 13.3 Å². The van der Waals surface area contributed by atoms with E-state index >= 15 is 0 Å². The van der Waals surface area contributed by atoms with Crippen LogP contribution in [0.1, 0.15) is 67.4 Å². The van der Waals surface area contributed by atoms with Crippen molar-refractivity contribution >= 4 is 11.3 Å². The van der Waals surface area contributed by atoms with E-state index in [-0.39, 0.29) is 5.54 Å². The molecule has 0 radical (unpaired) electrons. The summed E-state index contributed by atoms with van der Waals surface area (Å²) in [4.78, 5) is 6.46. The molecule has 0 atom stereocenters. The average molecular weight is 264 g/mol. The Morgan fingerprint density at radius 1 is 1.17 bits per heavy atom. The number of thiazole rings is 1. The Balaban J connectivity index is 1.84. The van der Waals surface area contributed by atoms with E-state index < -0.39 is 0 Å². The van der Waals surface area contributed by atoms with Gasteiger partial charge in [0.25, 0.3) is 0 Å². The van der Waals surface area contributed by atoms with Gasteiger partial charge in [0.2, 0.25) is 0 Å². The zero-order chi connectivity index (χ0) is 12.6. The van der Waals surface area contributed by atoms with E-state index in [2.05, 4.69) is 6.92 Å². The maximum atomic E-state index is 6.64. The molecule has 18 heavy (non-hydrogen) atoms. The number of rotatable bonds is 1. The van der Waals surface area contributed by atoms with Crippen LogP contribution < -0.4 is 5.73 Å². The Kier molecular flexibility index (Phi) is 3.46. The van der Waals surface area contributed by atoms with Gasteiger partial charge in [0.1, 0.15) is 5.01 Å². The molecule has 0 unspecified atom stereocenters. The molecule has 0 saturated heterocycles. The molecular weight excluding hydrogens is 240 g/mol. The zero-order valence-electron chi connectivity index (χ0n) is 11.4. The fraction of sp³-hybridized carbons (Fsp3) is 0.800. The van der Waals surface area contributed by atoms with Crippen molar-refractivity contribution in [1.29, 1.82) is 0 Å². The summed E-state index contributed by atoms with van der Waals surface area (Å²) in [5.74, 6) is 0.847. The van der Waals surface area contributed by atoms with Gasteiger partial charge in [-0.2, -0.15) is 0 Å². The monoisotopic (exact) mass is 264 g/mol. The summed E-state index contributed by atoms with van der Waals surface area (Å²) < 4.78 is 0. The van der Waals surface area contributed by atoms with Gasteiger partial charge in [-0.15, -0.1) is 11.3 Å². The van der Waals surface area contributed by atoms with E-state index in [0.717, 1.165) is 18.8 Å². The second kappa shape index (κ2) is 4.93. The normalized spacial score (nSPS) is 32.9. The predicted molar refractivity (Wildman–Crippen MR) is 76.9 cm³/mol. The van der Waals surface area contributed by atoms with E-state index in [9.17, 15) is 0 Å². The molecule has 2 aliphatic rings. The van der Waals surface area contributed by atoms with Crippen LogP contribution in [0.2, 0.25) is 0 Å². The van der Waals surface area contributed by atoms with E-state index in [1.165, 1.54) is 60.5 Å². The highest BCUT2D eigenvalue weighted by atomic mass is 32.1. The Morgan fingerprint density at radius 2 is 1.89 bits per heavy atom. The highest BCUT2D eigenvalue weighted by Gasteiger charge is 2.35. The lowest BCUT2D eigenvalue weighted by Crippen LogP contribution is -2.40. The van der Waals surface area contributed by atoms with Crippen LogP contribution in [-0.4, -0.2) is 4.98 Å². The molecule has 1 fully saturated rings. The zero-order valence-corrected chi connectivity index (χ0v) is 12.2. The first-order valence-electron chi connectivity index (χ1n) is 7.45. The number of hydrogen-bond donors (Lipinski definition) is 1. The third-order valence-electron chi connectivity index (χ3n) is 4.69. The molecule has 3 heteroatoms. The van der Waals surface area contributed by atoms with Gasteiger partial charge < -0.3 is 5.73 Å².